The Morgan fingerprint density at radius 1 is 1.14 bits per heavy atom. The third-order valence-corrected chi connectivity index (χ3v) is 3.30. The molecule has 3 rings (SSSR count). The Labute approximate surface area is 122 Å². The van der Waals surface area contributed by atoms with Crippen LogP contribution in [0.4, 0.5) is 10.2 Å². The third-order valence-electron chi connectivity index (χ3n) is 3.30. The molecule has 2 heterocycles. The predicted molar refractivity (Wildman–Crippen MR) is 76.1 cm³/mol. The van der Waals surface area contributed by atoms with E-state index < -0.39 is 11.4 Å². The summed E-state index contributed by atoms with van der Waals surface area (Å²) >= 11 is 0. The fourth-order valence-electron chi connectivity index (χ4n) is 2.36. The van der Waals surface area contributed by atoms with E-state index in [1.807, 2.05) is 0 Å². The molecule has 0 aliphatic rings. The molecule has 0 radical (unpaired) electrons. The molecule has 0 saturated heterocycles. The van der Waals surface area contributed by atoms with Crippen molar-refractivity contribution in [2.75, 3.05) is 5.73 Å². The number of nitrogens with zero attached hydrogens (tertiary/aromatic N) is 2. The molecule has 0 aliphatic heterocycles. The number of H-pyrrole nitrogens is 1. The molecular weight excluding hydrogens is 287 g/mol. The van der Waals surface area contributed by atoms with Crippen molar-refractivity contribution < 1.29 is 8.81 Å². The standard InChI is InChI=1S/C15H7FN4O2/c16-10-1-2-11-7(3-4-22-11)13(10)12-8(5-17)14(19)20-15(21)9(12)6-18/h1-4H,(H3,19,20,21). The molecule has 0 aliphatic carbocycles. The zero-order chi connectivity index (χ0) is 15.9. The number of aromatic amines is 1. The normalized spacial score (nSPS) is 10.3. The average Bonchev–Trinajstić information content (AvgIpc) is 2.95. The van der Waals surface area contributed by atoms with Gasteiger partial charge in [0.1, 0.15) is 40.5 Å². The summed E-state index contributed by atoms with van der Waals surface area (Å²) in [6, 6.07) is 7.56. The van der Waals surface area contributed by atoms with E-state index in [1.54, 1.807) is 12.1 Å². The van der Waals surface area contributed by atoms with Gasteiger partial charge in [0, 0.05) is 16.5 Å². The summed E-state index contributed by atoms with van der Waals surface area (Å²) in [6.45, 7) is 0. The molecule has 0 bridgehead atoms. The quantitative estimate of drug-likeness (QED) is 0.713. The van der Waals surface area contributed by atoms with Gasteiger partial charge in [0.2, 0.25) is 0 Å². The van der Waals surface area contributed by atoms with Crippen LogP contribution in [0.3, 0.4) is 0 Å². The lowest BCUT2D eigenvalue weighted by Gasteiger charge is -2.10. The van der Waals surface area contributed by atoms with Crippen molar-refractivity contribution in [3.63, 3.8) is 0 Å². The molecule has 0 atom stereocenters. The van der Waals surface area contributed by atoms with Crippen LogP contribution in [0, 0.1) is 28.5 Å². The summed E-state index contributed by atoms with van der Waals surface area (Å²) in [5.41, 5.74) is 4.48. The van der Waals surface area contributed by atoms with Gasteiger partial charge in [-0.05, 0) is 18.2 Å². The molecule has 1 aromatic carbocycles. The van der Waals surface area contributed by atoms with Gasteiger partial charge >= 0.3 is 0 Å². The second-order valence-electron chi connectivity index (χ2n) is 4.47. The van der Waals surface area contributed by atoms with E-state index in [1.165, 1.54) is 18.4 Å². The number of nitrogens with two attached hydrogens (primary N) is 1. The summed E-state index contributed by atoms with van der Waals surface area (Å²) in [5, 5.41) is 18.8. The Morgan fingerprint density at radius 2 is 1.86 bits per heavy atom. The number of nitriles is 2. The smallest absolute Gasteiger partial charge is 0.268 e. The number of anilines is 1. The van der Waals surface area contributed by atoms with Crippen LogP contribution in [0.2, 0.25) is 0 Å². The zero-order valence-electron chi connectivity index (χ0n) is 11.0. The van der Waals surface area contributed by atoms with Crippen molar-refractivity contribution in [1.29, 1.82) is 10.5 Å². The van der Waals surface area contributed by atoms with E-state index in [0.29, 0.717) is 11.0 Å². The van der Waals surface area contributed by atoms with Crippen LogP contribution in [0.1, 0.15) is 11.1 Å². The van der Waals surface area contributed by atoms with Crippen LogP contribution >= 0.6 is 0 Å². The van der Waals surface area contributed by atoms with Crippen molar-refractivity contribution >= 4 is 16.8 Å². The number of pyridine rings is 1. The number of furan rings is 1. The van der Waals surface area contributed by atoms with Gasteiger partial charge in [0.25, 0.3) is 5.56 Å². The van der Waals surface area contributed by atoms with Crippen LogP contribution in [-0.2, 0) is 0 Å². The number of nitrogen functional groups attached to an aromatic ring is 1. The highest BCUT2D eigenvalue weighted by Gasteiger charge is 2.23. The molecule has 2 aromatic heterocycles. The minimum Gasteiger partial charge on any atom is -0.464 e. The van der Waals surface area contributed by atoms with Gasteiger partial charge < -0.3 is 15.1 Å². The largest absolute Gasteiger partial charge is 0.464 e. The summed E-state index contributed by atoms with van der Waals surface area (Å²) in [7, 11) is 0. The fourth-order valence-corrected chi connectivity index (χ4v) is 2.36. The van der Waals surface area contributed by atoms with Gasteiger partial charge in [0.15, 0.2) is 0 Å². The molecule has 0 unspecified atom stereocenters. The Morgan fingerprint density at radius 3 is 2.55 bits per heavy atom. The van der Waals surface area contributed by atoms with E-state index in [0.717, 1.165) is 6.07 Å². The second-order valence-corrected chi connectivity index (χ2v) is 4.47. The maximum Gasteiger partial charge on any atom is 0.268 e. The predicted octanol–water partition coefficient (Wildman–Crippen LogP) is 2.25. The molecule has 106 valence electrons. The molecule has 0 amide bonds. The van der Waals surface area contributed by atoms with Gasteiger partial charge in [-0.1, -0.05) is 0 Å². The van der Waals surface area contributed by atoms with E-state index in [9.17, 15) is 19.7 Å². The van der Waals surface area contributed by atoms with Crippen molar-refractivity contribution in [2.45, 2.75) is 0 Å². The van der Waals surface area contributed by atoms with E-state index in [4.69, 9.17) is 10.2 Å². The van der Waals surface area contributed by atoms with Crippen LogP contribution < -0.4 is 11.3 Å². The van der Waals surface area contributed by atoms with Crippen molar-refractivity contribution in [3.8, 4) is 23.3 Å². The van der Waals surface area contributed by atoms with Crippen molar-refractivity contribution in [2.24, 2.45) is 0 Å². The number of benzene rings is 1. The lowest BCUT2D eigenvalue weighted by atomic mass is 9.94. The van der Waals surface area contributed by atoms with Gasteiger partial charge in [-0.25, -0.2) is 4.39 Å². The molecule has 0 spiro atoms. The average molecular weight is 294 g/mol. The van der Waals surface area contributed by atoms with E-state index in [2.05, 4.69) is 4.98 Å². The zero-order valence-corrected chi connectivity index (χ0v) is 11.0. The monoisotopic (exact) mass is 294 g/mol. The number of hydrogen-bond acceptors (Lipinski definition) is 5. The second kappa shape index (κ2) is 4.76. The Hall–Kier alpha value is -3.58. The fraction of sp³-hybridized carbons (Fsp3) is 0. The maximum absolute atomic E-state index is 14.4. The topological polar surface area (TPSA) is 120 Å². The van der Waals surface area contributed by atoms with Gasteiger partial charge in [-0.3, -0.25) is 4.79 Å². The van der Waals surface area contributed by atoms with Crippen molar-refractivity contribution in [1.82, 2.24) is 4.98 Å². The number of fused-ring (bicyclic) bond motifs is 1. The first kappa shape index (κ1) is 13.4. The minimum absolute atomic E-state index is 0.0582. The third kappa shape index (κ3) is 1.74. The summed E-state index contributed by atoms with van der Waals surface area (Å²) in [5.74, 6) is -0.909. The molecule has 3 N–H and O–H groups in total. The first-order chi connectivity index (χ1) is 10.6. The summed E-state index contributed by atoms with van der Waals surface area (Å²) < 4.78 is 19.6. The van der Waals surface area contributed by atoms with Crippen LogP contribution in [-0.4, -0.2) is 4.98 Å². The van der Waals surface area contributed by atoms with Gasteiger partial charge in [0.05, 0.1) is 6.26 Å². The van der Waals surface area contributed by atoms with Crippen molar-refractivity contribution in [3.05, 3.63) is 51.8 Å². The molecule has 6 nitrogen and oxygen atoms in total. The molecule has 0 fully saturated rings. The lowest BCUT2D eigenvalue weighted by Crippen LogP contribution is -2.16. The number of aromatic nitrogens is 1. The van der Waals surface area contributed by atoms with Gasteiger partial charge in [-0.2, -0.15) is 10.5 Å². The summed E-state index contributed by atoms with van der Waals surface area (Å²) in [6.07, 6.45) is 1.35. The number of hydrogen-bond donors (Lipinski definition) is 2. The molecule has 7 heteroatoms. The highest BCUT2D eigenvalue weighted by molar-refractivity contribution is 5.98. The first-order valence-electron chi connectivity index (χ1n) is 6.10. The number of nitrogens with one attached hydrogen (secondary N) is 1. The van der Waals surface area contributed by atoms with Crippen LogP contribution in [0.15, 0.2) is 33.7 Å². The Balaban J connectivity index is 2.60. The minimum atomic E-state index is -0.783. The molecule has 3 aromatic rings. The van der Waals surface area contributed by atoms with Crippen LogP contribution in [0.5, 0.6) is 0 Å². The molecular formula is C15H7FN4O2. The maximum atomic E-state index is 14.4. The van der Waals surface area contributed by atoms with Gasteiger partial charge in [-0.15, -0.1) is 0 Å². The molecule has 22 heavy (non-hydrogen) atoms. The Kier molecular flexibility index (Phi) is 2.90. The number of halogens is 1. The highest BCUT2D eigenvalue weighted by atomic mass is 19.1. The molecule has 0 saturated carbocycles. The van der Waals surface area contributed by atoms with Crippen LogP contribution in [0.25, 0.3) is 22.1 Å². The highest BCUT2D eigenvalue weighted by Crippen LogP contribution is 2.36. The first-order valence-corrected chi connectivity index (χ1v) is 6.10. The summed E-state index contributed by atoms with van der Waals surface area (Å²) in [4.78, 5) is 14.1. The van der Waals surface area contributed by atoms with E-state index in [-0.39, 0.29) is 28.1 Å². The van der Waals surface area contributed by atoms with E-state index >= 15 is 0 Å². The number of rotatable bonds is 1. The lowest BCUT2D eigenvalue weighted by molar-refractivity contribution is 0.610. The SMILES string of the molecule is N#Cc1c(N)[nH]c(=O)c(C#N)c1-c1c(F)ccc2occc12. The Bertz CT molecular complexity index is 1050.